The molecule has 0 bridgehead atoms. The van der Waals surface area contributed by atoms with Crippen LogP contribution in [0.2, 0.25) is 0 Å². The van der Waals surface area contributed by atoms with Crippen LogP contribution in [-0.4, -0.2) is 18.0 Å². The summed E-state index contributed by atoms with van der Waals surface area (Å²) in [4.78, 5) is 12.6. The van der Waals surface area contributed by atoms with E-state index in [4.69, 9.17) is 9.15 Å². The molecule has 106 valence electrons. The molecule has 1 heterocycles. The number of benzene rings is 2. The van der Waals surface area contributed by atoms with Crippen molar-refractivity contribution < 1.29 is 19.1 Å². The Morgan fingerprint density at radius 2 is 1.90 bits per heavy atom. The number of rotatable bonds is 3. The van der Waals surface area contributed by atoms with Crippen molar-refractivity contribution in [1.82, 2.24) is 0 Å². The van der Waals surface area contributed by atoms with Crippen LogP contribution in [0.1, 0.15) is 21.5 Å². The number of hydrogen-bond donors (Lipinski definition) is 1. The van der Waals surface area contributed by atoms with Gasteiger partial charge in [0, 0.05) is 10.9 Å². The maximum atomic E-state index is 12.6. The van der Waals surface area contributed by atoms with Gasteiger partial charge in [0.25, 0.3) is 0 Å². The Kier molecular flexibility index (Phi) is 3.14. The molecule has 4 heteroatoms. The molecule has 0 aliphatic heterocycles. The number of phenolic OH excluding ortho intramolecular Hbond substituents is 1. The first kappa shape index (κ1) is 13.2. The summed E-state index contributed by atoms with van der Waals surface area (Å²) in [5.41, 5.74) is 2.39. The van der Waals surface area contributed by atoms with E-state index in [9.17, 15) is 9.90 Å². The van der Waals surface area contributed by atoms with Crippen LogP contribution < -0.4 is 4.74 Å². The van der Waals surface area contributed by atoms with E-state index >= 15 is 0 Å². The quantitative estimate of drug-likeness (QED) is 0.744. The van der Waals surface area contributed by atoms with Gasteiger partial charge in [0.1, 0.15) is 23.3 Å². The second kappa shape index (κ2) is 4.98. The van der Waals surface area contributed by atoms with E-state index < -0.39 is 0 Å². The SMILES string of the molecule is COc1ccc(C(=O)c2coc3c(C)cc(O)cc23)cc1. The van der Waals surface area contributed by atoms with E-state index in [-0.39, 0.29) is 11.5 Å². The van der Waals surface area contributed by atoms with E-state index in [1.165, 1.54) is 6.26 Å². The number of phenols is 1. The zero-order valence-corrected chi connectivity index (χ0v) is 11.7. The first-order valence-electron chi connectivity index (χ1n) is 6.49. The highest BCUT2D eigenvalue weighted by Crippen LogP contribution is 2.30. The normalized spacial score (nSPS) is 10.8. The van der Waals surface area contributed by atoms with Gasteiger partial charge < -0.3 is 14.3 Å². The molecule has 0 saturated carbocycles. The molecule has 0 spiro atoms. The van der Waals surface area contributed by atoms with E-state index in [0.717, 1.165) is 5.56 Å². The number of fused-ring (bicyclic) bond motifs is 1. The lowest BCUT2D eigenvalue weighted by atomic mass is 10.0. The van der Waals surface area contributed by atoms with E-state index in [1.807, 2.05) is 6.92 Å². The molecule has 0 unspecified atom stereocenters. The molecule has 2 aromatic carbocycles. The number of hydrogen-bond acceptors (Lipinski definition) is 4. The minimum absolute atomic E-state index is 0.116. The molecule has 0 aliphatic rings. The van der Waals surface area contributed by atoms with Crippen LogP contribution in [-0.2, 0) is 0 Å². The topological polar surface area (TPSA) is 59.7 Å². The average Bonchev–Trinajstić information content (AvgIpc) is 2.90. The molecule has 0 atom stereocenters. The Bertz CT molecular complexity index is 813. The number of ketones is 1. The molecule has 4 nitrogen and oxygen atoms in total. The van der Waals surface area contributed by atoms with Gasteiger partial charge in [-0.15, -0.1) is 0 Å². The van der Waals surface area contributed by atoms with Crippen LogP contribution in [0.4, 0.5) is 0 Å². The third-order valence-corrected chi connectivity index (χ3v) is 3.44. The second-order valence-electron chi connectivity index (χ2n) is 4.85. The summed E-state index contributed by atoms with van der Waals surface area (Å²) in [7, 11) is 1.58. The number of carbonyl (C=O) groups is 1. The highest BCUT2D eigenvalue weighted by molar-refractivity contribution is 6.16. The van der Waals surface area contributed by atoms with Crippen molar-refractivity contribution in [2.45, 2.75) is 6.92 Å². The summed E-state index contributed by atoms with van der Waals surface area (Å²) in [5.74, 6) is 0.656. The average molecular weight is 282 g/mol. The maximum Gasteiger partial charge on any atom is 0.196 e. The molecule has 1 aromatic heterocycles. The second-order valence-corrected chi connectivity index (χ2v) is 4.85. The van der Waals surface area contributed by atoms with Crippen molar-refractivity contribution in [2.24, 2.45) is 0 Å². The summed E-state index contributed by atoms with van der Waals surface area (Å²) in [6.07, 6.45) is 1.43. The number of aromatic hydroxyl groups is 1. The molecule has 3 rings (SSSR count). The van der Waals surface area contributed by atoms with Crippen LogP contribution in [0.3, 0.4) is 0 Å². The minimum Gasteiger partial charge on any atom is -0.508 e. The lowest BCUT2D eigenvalue weighted by molar-refractivity contribution is 0.103. The van der Waals surface area contributed by atoms with Gasteiger partial charge in [-0.2, -0.15) is 0 Å². The van der Waals surface area contributed by atoms with Gasteiger partial charge in [0.15, 0.2) is 5.78 Å². The summed E-state index contributed by atoms with van der Waals surface area (Å²) >= 11 is 0. The lowest BCUT2D eigenvalue weighted by Crippen LogP contribution is -2.00. The summed E-state index contributed by atoms with van der Waals surface area (Å²) in [5, 5.41) is 10.3. The van der Waals surface area contributed by atoms with Crippen LogP contribution in [0.5, 0.6) is 11.5 Å². The Hall–Kier alpha value is -2.75. The third kappa shape index (κ3) is 2.25. The van der Waals surface area contributed by atoms with Crippen LogP contribution in [0.15, 0.2) is 47.1 Å². The molecule has 0 amide bonds. The molecular weight excluding hydrogens is 268 g/mol. The summed E-state index contributed by atoms with van der Waals surface area (Å²) in [6.45, 7) is 1.83. The van der Waals surface area contributed by atoms with Crippen molar-refractivity contribution in [3.8, 4) is 11.5 Å². The van der Waals surface area contributed by atoms with Gasteiger partial charge in [-0.3, -0.25) is 4.79 Å². The Morgan fingerprint density at radius 3 is 2.57 bits per heavy atom. The van der Waals surface area contributed by atoms with Gasteiger partial charge in [0.05, 0.1) is 12.7 Å². The van der Waals surface area contributed by atoms with Gasteiger partial charge >= 0.3 is 0 Å². The van der Waals surface area contributed by atoms with Crippen molar-refractivity contribution in [3.63, 3.8) is 0 Å². The predicted molar refractivity (Wildman–Crippen MR) is 79.0 cm³/mol. The fourth-order valence-electron chi connectivity index (χ4n) is 2.37. The zero-order valence-electron chi connectivity index (χ0n) is 11.7. The van der Waals surface area contributed by atoms with Gasteiger partial charge in [-0.05, 0) is 48.9 Å². The molecular formula is C17H14O4. The predicted octanol–water partition coefficient (Wildman–Crippen LogP) is 3.69. The number of methoxy groups -OCH3 is 1. The molecule has 21 heavy (non-hydrogen) atoms. The first-order chi connectivity index (χ1) is 10.1. The van der Waals surface area contributed by atoms with E-state index in [2.05, 4.69) is 0 Å². The largest absolute Gasteiger partial charge is 0.508 e. The molecule has 1 N–H and O–H groups in total. The fourth-order valence-corrected chi connectivity index (χ4v) is 2.37. The Morgan fingerprint density at radius 1 is 1.19 bits per heavy atom. The van der Waals surface area contributed by atoms with Crippen LogP contribution in [0, 0.1) is 6.92 Å². The highest BCUT2D eigenvalue weighted by atomic mass is 16.5. The standard InChI is InChI=1S/C17H14O4/c1-10-7-12(18)8-14-15(9-21-17(10)14)16(19)11-3-5-13(20-2)6-4-11/h3-9,18H,1-2H3. The minimum atomic E-state index is -0.151. The molecule has 0 fully saturated rings. The fraction of sp³-hybridized carbons (Fsp3) is 0.118. The summed E-state index contributed by atoms with van der Waals surface area (Å²) < 4.78 is 10.5. The van der Waals surface area contributed by atoms with E-state index in [0.29, 0.717) is 27.8 Å². The number of aryl methyl sites for hydroxylation is 1. The third-order valence-electron chi connectivity index (χ3n) is 3.44. The van der Waals surface area contributed by atoms with Gasteiger partial charge in [-0.25, -0.2) is 0 Å². The van der Waals surface area contributed by atoms with Crippen molar-refractivity contribution in [1.29, 1.82) is 0 Å². The smallest absolute Gasteiger partial charge is 0.196 e. The Labute approximate surface area is 121 Å². The van der Waals surface area contributed by atoms with Crippen molar-refractivity contribution in [2.75, 3.05) is 7.11 Å². The van der Waals surface area contributed by atoms with Crippen LogP contribution in [0.25, 0.3) is 11.0 Å². The maximum absolute atomic E-state index is 12.6. The lowest BCUT2D eigenvalue weighted by Gasteiger charge is -2.02. The van der Waals surface area contributed by atoms with E-state index in [1.54, 1.807) is 43.5 Å². The Balaban J connectivity index is 2.09. The summed E-state index contributed by atoms with van der Waals surface area (Å²) in [6, 6.07) is 10.0. The number of furan rings is 1. The first-order valence-corrected chi connectivity index (χ1v) is 6.49. The zero-order chi connectivity index (χ0) is 15.0. The molecule has 0 aliphatic carbocycles. The van der Waals surface area contributed by atoms with Gasteiger partial charge in [0.2, 0.25) is 0 Å². The number of ether oxygens (including phenoxy) is 1. The van der Waals surface area contributed by atoms with Gasteiger partial charge in [-0.1, -0.05) is 0 Å². The molecule has 0 radical (unpaired) electrons. The molecule has 0 saturated heterocycles. The van der Waals surface area contributed by atoms with Crippen LogP contribution >= 0.6 is 0 Å². The van der Waals surface area contributed by atoms with Crippen molar-refractivity contribution >= 4 is 16.8 Å². The van der Waals surface area contributed by atoms with Crippen molar-refractivity contribution in [3.05, 3.63) is 59.4 Å². The monoisotopic (exact) mass is 282 g/mol. The number of carbonyl (C=O) groups excluding carboxylic acids is 1. The molecule has 3 aromatic rings. The highest BCUT2D eigenvalue weighted by Gasteiger charge is 2.17.